The first kappa shape index (κ1) is 25.7. The van der Waals surface area contributed by atoms with Crippen molar-refractivity contribution in [1.82, 2.24) is 10.2 Å². The van der Waals surface area contributed by atoms with E-state index in [1.807, 2.05) is 50.2 Å². The summed E-state index contributed by atoms with van der Waals surface area (Å²) in [5, 5.41) is 3.11. The molecule has 1 saturated carbocycles. The Morgan fingerprint density at radius 3 is 2.32 bits per heavy atom. The molecule has 3 rings (SSSR count). The van der Waals surface area contributed by atoms with E-state index < -0.39 is 22.0 Å². The van der Waals surface area contributed by atoms with E-state index in [0.29, 0.717) is 12.1 Å². The Morgan fingerprint density at radius 1 is 1.06 bits per heavy atom. The van der Waals surface area contributed by atoms with Crippen LogP contribution < -0.4 is 9.62 Å². The van der Waals surface area contributed by atoms with Gasteiger partial charge < -0.3 is 10.2 Å². The van der Waals surface area contributed by atoms with Gasteiger partial charge in [0.05, 0.1) is 11.9 Å². The zero-order valence-electron chi connectivity index (χ0n) is 20.2. The lowest BCUT2D eigenvalue weighted by molar-refractivity contribution is -0.140. The first-order valence-corrected chi connectivity index (χ1v) is 13.7. The van der Waals surface area contributed by atoms with Gasteiger partial charge in [0.25, 0.3) is 0 Å². The highest BCUT2D eigenvalue weighted by Gasteiger charge is 2.32. The Bertz CT molecular complexity index is 1080. The summed E-state index contributed by atoms with van der Waals surface area (Å²) < 4.78 is 26.4. The van der Waals surface area contributed by atoms with E-state index in [-0.39, 0.29) is 25.0 Å². The summed E-state index contributed by atoms with van der Waals surface area (Å²) in [6.45, 7) is 3.59. The highest BCUT2D eigenvalue weighted by Crippen LogP contribution is 2.22. The zero-order valence-corrected chi connectivity index (χ0v) is 21.1. The summed E-state index contributed by atoms with van der Waals surface area (Å²) in [6.07, 6.45) is 5.60. The van der Waals surface area contributed by atoms with E-state index >= 15 is 0 Å². The molecule has 0 saturated heterocycles. The van der Waals surface area contributed by atoms with Gasteiger partial charge in [0, 0.05) is 12.6 Å². The predicted octanol–water partition coefficient (Wildman–Crippen LogP) is 3.63. The lowest BCUT2D eigenvalue weighted by atomic mass is 10.1. The van der Waals surface area contributed by atoms with Crippen molar-refractivity contribution in [3.8, 4) is 0 Å². The molecule has 1 aliphatic carbocycles. The van der Waals surface area contributed by atoms with E-state index in [1.54, 1.807) is 18.2 Å². The maximum Gasteiger partial charge on any atom is 0.244 e. The van der Waals surface area contributed by atoms with Crippen LogP contribution in [0, 0.1) is 6.92 Å². The highest BCUT2D eigenvalue weighted by atomic mass is 32.2. The van der Waals surface area contributed by atoms with Gasteiger partial charge in [-0.25, -0.2) is 8.42 Å². The van der Waals surface area contributed by atoms with Crippen molar-refractivity contribution >= 4 is 27.5 Å². The Hall–Kier alpha value is -2.87. The van der Waals surface area contributed by atoms with Crippen LogP contribution in [-0.4, -0.2) is 50.0 Å². The molecule has 0 unspecified atom stereocenters. The smallest absolute Gasteiger partial charge is 0.244 e. The van der Waals surface area contributed by atoms with Gasteiger partial charge in [-0.05, 0) is 49.4 Å². The van der Waals surface area contributed by atoms with Crippen LogP contribution in [0.2, 0.25) is 0 Å². The lowest BCUT2D eigenvalue weighted by Gasteiger charge is -2.33. The molecule has 1 atom stereocenters. The van der Waals surface area contributed by atoms with Gasteiger partial charge in [-0.1, -0.05) is 62.2 Å². The van der Waals surface area contributed by atoms with Crippen LogP contribution in [0.25, 0.3) is 0 Å². The third-order valence-electron chi connectivity index (χ3n) is 6.25. The summed E-state index contributed by atoms with van der Waals surface area (Å²) in [4.78, 5) is 28.4. The molecular weight excluding hydrogens is 450 g/mol. The highest BCUT2D eigenvalue weighted by molar-refractivity contribution is 7.92. The number of benzene rings is 2. The van der Waals surface area contributed by atoms with Crippen LogP contribution >= 0.6 is 0 Å². The summed E-state index contributed by atoms with van der Waals surface area (Å²) in [5.74, 6) is -0.593. The van der Waals surface area contributed by atoms with Crippen molar-refractivity contribution in [1.29, 1.82) is 0 Å². The Kier molecular flexibility index (Phi) is 8.72. The minimum atomic E-state index is -3.72. The summed E-state index contributed by atoms with van der Waals surface area (Å²) in [6, 6.07) is 15.9. The Labute approximate surface area is 203 Å². The maximum atomic E-state index is 13.6. The maximum absolute atomic E-state index is 13.6. The molecule has 0 aliphatic heterocycles. The second-order valence-electron chi connectivity index (χ2n) is 9.03. The predicted molar refractivity (Wildman–Crippen MR) is 135 cm³/mol. The van der Waals surface area contributed by atoms with Crippen molar-refractivity contribution in [2.24, 2.45) is 0 Å². The fraction of sp³-hybridized carbons (Fsp3) is 0.462. The minimum Gasteiger partial charge on any atom is -0.352 e. The van der Waals surface area contributed by atoms with Crippen molar-refractivity contribution in [2.75, 3.05) is 17.1 Å². The number of aryl methyl sites for hydroxylation is 1. The van der Waals surface area contributed by atoms with E-state index in [4.69, 9.17) is 0 Å². The van der Waals surface area contributed by atoms with Gasteiger partial charge >= 0.3 is 0 Å². The fourth-order valence-electron chi connectivity index (χ4n) is 4.46. The molecule has 184 valence electrons. The van der Waals surface area contributed by atoms with E-state index in [1.165, 1.54) is 4.90 Å². The van der Waals surface area contributed by atoms with Gasteiger partial charge in [-0.2, -0.15) is 0 Å². The fourth-order valence-corrected chi connectivity index (χ4v) is 5.31. The molecule has 2 aromatic carbocycles. The normalized spacial score (nSPS) is 15.0. The van der Waals surface area contributed by atoms with E-state index in [0.717, 1.165) is 47.4 Å². The third kappa shape index (κ3) is 6.82. The van der Waals surface area contributed by atoms with Gasteiger partial charge in [0.2, 0.25) is 21.8 Å². The lowest BCUT2D eigenvalue weighted by Crippen LogP contribution is -2.53. The molecule has 0 spiro atoms. The first-order chi connectivity index (χ1) is 16.2. The number of rotatable bonds is 10. The minimum absolute atomic E-state index is 0.134. The molecule has 34 heavy (non-hydrogen) atoms. The molecule has 0 aromatic heterocycles. The second kappa shape index (κ2) is 11.5. The monoisotopic (exact) mass is 485 g/mol. The van der Waals surface area contributed by atoms with Crippen LogP contribution in [0.4, 0.5) is 5.69 Å². The Balaban J connectivity index is 1.90. The third-order valence-corrected chi connectivity index (χ3v) is 7.39. The van der Waals surface area contributed by atoms with Crippen molar-refractivity contribution in [2.45, 2.75) is 64.6 Å². The molecule has 8 heteroatoms. The van der Waals surface area contributed by atoms with Crippen LogP contribution in [-0.2, 0) is 26.2 Å². The number of amides is 2. The van der Waals surface area contributed by atoms with Crippen molar-refractivity contribution < 1.29 is 18.0 Å². The molecule has 1 fully saturated rings. The standard InChI is InChI=1S/C26H35N3O4S/c1-4-24(26(31)27-22-14-8-9-15-22)28(18-21-12-6-5-7-13-21)25(30)19-29(34(3,32)33)23-16-10-11-20(2)17-23/h5-7,10-13,16-17,22,24H,4,8-9,14-15,18-19H2,1-3H3,(H,27,31)/t24-/m1/s1. The SMILES string of the molecule is CC[C@H](C(=O)NC1CCCC1)N(Cc1ccccc1)C(=O)CN(c1cccc(C)c1)S(C)(=O)=O. The number of anilines is 1. The molecular formula is C26H35N3O4S. The largest absolute Gasteiger partial charge is 0.352 e. The number of carbonyl (C=O) groups excluding carboxylic acids is 2. The van der Waals surface area contributed by atoms with Crippen LogP contribution in [0.3, 0.4) is 0 Å². The van der Waals surface area contributed by atoms with E-state index in [9.17, 15) is 18.0 Å². The van der Waals surface area contributed by atoms with Crippen molar-refractivity contribution in [3.63, 3.8) is 0 Å². The number of sulfonamides is 1. The topological polar surface area (TPSA) is 86.8 Å². The Morgan fingerprint density at radius 2 is 1.74 bits per heavy atom. The molecule has 1 aliphatic rings. The molecule has 0 bridgehead atoms. The summed E-state index contributed by atoms with van der Waals surface area (Å²) in [5.41, 5.74) is 2.20. The number of hydrogen-bond acceptors (Lipinski definition) is 4. The quantitative estimate of drug-likeness (QED) is 0.557. The molecule has 1 N–H and O–H groups in total. The van der Waals surface area contributed by atoms with Gasteiger partial charge in [-0.3, -0.25) is 13.9 Å². The van der Waals surface area contributed by atoms with Crippen LogP contribution in [0.5, 0.6) is 0 Å². The van der Waals surface area contributed by atoms with E-state index in [2.05, 4.69) is 5.32 Å². The van der Waals surface area contributed by atoms with Crippen molar-refractivity contribution in [3.05, 3.63) is 65.7 Å². The average Bonchev–Trinajstić information content (AvgIpc) is 3.30. The number of carbonyl (C=O) groups is 2. The second-order valence-corrected chi connectivity index (χ2v) is 10.9. The molecule has 0 radical (unpaired) electrons. The van der Waals surface area contributed by atoms with Gasteiger partial charge in [0.15, 0.2) is 0 Å². The molecule has 7 nitrogen and oxygen atoms in total. The summed E-state index contributed by atoms with van der Waals surface area (Å²) in [7, 11) is -3.72. The average molecular weight is 486 g/mol. The zero-order chi connectivity index (χ0) is 24.7. The van der Waals surface area contributed by atoms with Gasteiger partial charge in [0.1, 0.15) is 12.6 Å². The first-order valence-electron chi connectivity index (χ1n) is 11.9. The summed E-state index contributed by atoms with van der Waals surface area (Å²) >= 11 is 0. The number of nitrogens with one attached hydrogen (secondary N) is 1. The van der Waals surface area contributed by atoms with Crippen LogP contribution in [0.1, 0.15) is 50.2 Å². The van der Waals surface area contributed by atoms with Crippen LogP contribution in [0.15, 0.2) is 54.6 Å². The van der Waals surface area contributed by atoms with Gasteiger partial charge in [-0.15, -0.1) is 0 Å². The molecule has 2 amide bonds. The number of nitrogens with zero attached hydrogens (tertiary/aromatic N) is 2. The molecule has 0 heterocycles. The number of hydrogen-bond donors (Lipinski definition) is 1. The molecule has 2 aromatic rings.